The van der Waals surface area contributed by atoms with Crippen LogP contribution in [0, 0.1) is 6.92 Å². The number of benzene rings is 1. The SMILES string of the molecule is Cc1nc2ccccc2n1CCNC(=O)c1sccc1-n1cccc1. The highest BCUT2D eigenvalue weighted by atomic mass is 32.1. The van der Waals surface area contributed by atoms with E-state index in [0.29, 0.717) is 13.1 Å². The van der Waals surface area contributed by atoms with Gasteiger partial charge in [0.25, 0.3) is 5.91 Å². The van der Waals surface area contributed by atoms with Crippen molar-refractivity contribution in [2.24, 2.45) is 0 Å². The minimum absolute atomic E-state index is 0.0410. The predicted octanol–water partition coefficient (Wildman–Crippen LogP) is 3.63. The first-order valence-corrected chi connectivity index (χ1v) is 9.03. The third-order valence-electron chi connectivity index (χ3n) is 4.20. The Balaban J connectivity index is 1.46. The molecule has 0 unspecified atom stereocenters. The fourth-order valence-electron chi connectivity index (χ4n) is 3.01. The van der Waals surface area contributed by atoms with Gasteiger partial charge in [-0.2, -0.15) is 0 Å². The van der Waals surface area contributed by atoms with Crippen LogP contribution in [0.1, 0.15) is 15.5 Å². The van der Waals surface area contributed by atoms with Gasteiger partial charge in [0, 0.05) is 25.5 Å². The number of carbonyl (C=O) groups is 1. The Morgan fingerprint density at radius 2 is 1.96 bits per heavy atom. The van der Waals surface area contributed by atoms with Gasteiger partial charge >= 0.3 is 0 Å². The number of hydrogen-bond donors (Lipinski definition) is 1. The van der Waals surface area contributed by atoms with Gasteiger partial charge in [-0.15, -0.1) is 11.3 Å². The molecule has 4 rings (SSSR count). The van der Waals surface area contributed by atoms with Crippen LogP contribution < -0.4 is 5.32 Å². The molecule has 1 aromatic carbocycles. The molecule has 0 atom stereocenters. The molecule has 0 aliphatic rings. The van der Waals surface area contributed by atoms with Gasteiger partial charge in [0.1, 0.15) is 10.7 Å². The molecule has 0 bridgehead atoms. The zero-order valence-corrected chi connectivity index (χ0v) is 14.7. The number of aromatic nitrogens is 3. The number of hydrogen-bond acceptors (Lipinski definition) is 3. The lowest BCUT2D eigenvalue weighted by Gasteiger charge is -2.09. The summed E-state index contributed by atoms with van der Waals surface area (Å²) in [6.07, 6.45) is 3.89. The summed E-state index contributed by atoms with van der Waals surface area (Å²) in [4.78, 5) is 17.8. The van der Waals surface area contributed by atoms with E-state index in [0.717, 1.165) is 27.4 Å². The second-order valence-corrected chi connectivity index (χ2v) is 6.70. The van der Waals surface area contributed by atoms with Crippen LogP contribution in [0.2, 0.25) is 0 Å². The van der Waals surface area contributed by atoms with Crippen molar-refractivity contribution in [2.45, 2.75) is 13.5 Å². The highest BCUT2D eigenvalue weighted by molar-refractivity contribution is 7.12. The van der Waals surface area contributed by atoms with Gasteiger partial charge in [-0.1, -0.05) is 12.1 Å². The van der Waals surface area contributed by atoms with Crippen molar-refractivity contribution < 1.29 is 4.79 Å². The van der Waals surface area contributed by atoms with Gasteiger partial charge in [-0.25, -0.2) is 4.98 Å². The van der Waals surface area contributed by atoms with Crippen LogP contribution in [0.5, 0.6) is 0 Å². The van der Waals surface area contributed by atoms with Crippen molar-refractivity contribution in [1.82, 2.24) is 19.4 Å². The minimum Gasteiger partial charge on any atom is -0.349 e. The summed E-state index contributed by atoms with van der Waals surface area (Å²) >= 11 is 1.46. The fraction of sp³-hybridized carbons (Fsp3) is 0.158. The molecule has 3 aromatic heterocycles. The fourth-order valence-corrected chi connectivity index (χ4v) is 3.82. The van der Waals surface area contributed by atoms with Crippen molar-refractivity contribution in [2.75, 3.05) is 6.54 Å². The Morgan fingerprint density at radius 3 is 2.80 bits per heavy atom. The quantitative estimate of drug-likeness (QED) is 0.598. The molecular weight excluding hydrogens is 332 g/mol. The second-order valence-electron chi connectivity index (χ2n) is 5.78. The maximum Gasteiger partial charge on any atom is 0.263 e. The molecule has 0 aliphatic heterocycles. The minimum atomic E-state index is -0.0410. The Labute approximate surface area is 149 Å². The van der Waals surface area contributed by atoms with E-state index in [4.69, 9.17) is 0 Å². The van der Waals surface area contributed by atoms with E-state index in [9.17, 15) is 4.79 Å². The summed E-state index contributed by atoms with van der Waals surface area (Å²) in [5.74, 6) is 0.917. The van der Waals surface area contributed by atoms with Crippen molar-refractivity contribution in [1.29, 1.82) is 0 Å². The first-order chi connectivity index (χ1) is 12.2. The Bertz CT molecular complexity index is 1010. The average molecular weight is 350 g/mol. The van der Waals surface area contributed by atoms with Crippen molar-refractivity contribution >= 4 is 28.3 Å². The van der Waals surface area contributed by atoms with E-state index in [1.54, 1.807) is 0 Å². The largest absolute Gasteiger partial charge is 0.349 e. The number of nitrogens with one attached hydrogen (secondary N) is 1. The molecule has 0 saturated heterocycles. The van der Waals surface area contributed by atoms with E-state index in [1.807, 2.05) is 65.7 Å². The van der Waals surface area contributed by atoms with E-state index < -0.39 is 0 Å². The summed E-state index contributed by atoms with van der Waals surface area (Å²) in [5, 5.41) is 4.97. The van der Waals surface area contributed by atoms with Crippen LogP contribution in [-0.2, 0) is 6.54 Å². The van der Waals surface area contributed by atoms with Crippen molar-refractivity contribution in [3.63, 3.8) is 0 Å². The number of fused-ring (bicyclic) bond motifs is 1. The summed E-state index contributed by atoms with van der Waals surface area (Å²) in [7, 11) is 0. The highest BCUT2D eigenvalue weighted by Gasteiger charge is 2.14. The van der Waals surface area contributed by atoms with Crippen LogP contribution in [0.25, 0.3) is 16.7 Å². The molecule has 0 fully saturated rings. The van der Waals surface area contributed by atoms with Gasteiger partial charge in [0.05, 0.1) is 16.7 Å². The molecule has 5 nitrogen and oxygen atoms in total. The van der Waals surface area contributed by atoms with Crippen LogP contribution in [-0.4, -0.2) is 26.6 Å². The van der Waals surface area contributed by atoms with Gasteiger partial charge in [0.15, 0.2) is 0 Å². The Hall–Kier alpha value is -2.86. The van der Waals surface area contributed by atoms with E-state index in [2.05, 4.69) is 20.9 Å². The normalized spacial score (nSPS) is 11.1. The first kappa shape index (κ1) is 15.7. The van der Waals surface area contributed by atoms with Crippen LogP contribution in [0.3, 0.4) is 0 Å². The maximum atomic E-state index is 12.6. The maximum absolute atomic E-state index is 12.6. The number of para-hydroxylation sites is 2. The van der Waals surface area contributed by atoms with Gasteiger partial charge < -0.3 is 14.5 Å². The van der Waals surface area contributed by atoms with Crippen LogP contribution in [0.15, 0.2) is 60.2 Å². The summed E-state index contributed by atoms with van der Waals surface area (Å²) in [6, 6.07) is 13.9. The van der Waals surface area contributed by atoms with E-state index in [-0.39, 0.29) is 5.91 Å². The molecule has 6 heteroatoms. The molecular formula is C19H18N4OS. The molecule has 3 heterocycles. The van der Waals surface area contributed by atoms with Crippen LogP contribution in [0.4, 0.5) is 0 Å². The lowest BCUT2D eigenvalue weighted by Crippen LogP contribution is -2.27. The molecule has 0 aliphatic carbocycles. The van der Waals surface area contributed by atoms with Crippen LogP contribution >= 0.6 is 11.3 Å². The molecule has 0 spiro atoms. The molecule has 1 amide bonds. The monoisotopic (exact) mass is 350 g/mol. The second kappa shape index (κ2) is 6.57. The third-order valence-corrected chi connectivity index (χ3v) is 5.10. The molecule has 0 saturated carbocycles. The predicted molar refractivity (Wildman–Crippen MR) is 100 cm³/mol. The first-order valence-electron chi connectivity index (χ1n) is 8.15. The van der Waals surface area contributed by atoms with Gasteiger partial charge in [0.2, 0.25) is 0 Å². The number of carbonyl (C=O) groups excluding carboxylic acids is 1. The van der Waals surface area contributed by atoms with Crippen molar-refractivity contribution in [3.05, 3.63) is 70.9 Å². The Morgan fingerprint density at radius 1 is 1.16 bits per heavy atom. The summed E-state index contributed by atoms with van der Waals surface area (Å²) in [5.41, 5.74) is 3.00. The topological polar surface area (TPSA) is 51.9 Å². The number of aryl methyl sites for hydroxylation is 1. The average Bonchev–Trinajstić information content (AvgIpc) is 3.34. The molecule has 4 aromatic rings. The van der Waals surface area contributed by atoms with E-state index >= 15 is 0 Å². The highest BCUT2D eigenvalue weighted by Crippen LogP contribution is 2.21. The number of thiophene rings is 1. The number of amides is 1. The standard InChI is InChI=1S/C19H18N4OS/c1-14-21-15-6-2-3-7-16(15)23(14)12-9-20-19(24)18-17(8-13-25-18)22-10-4-5-11-22/h2-8,10-11,13H,9,12H2,1H3,(H,20,24). The van der Waals surface area contributed by atoms with Gasteiger partial charge in [-0.3, -0.25) is 4.79 Å². The summed E-state index contributed by atoms with van der Waals surface area (Å²) < 4.78 is 4.09. The lowest BCUT2D eigenvalue weighted by molar-refractivity contribution is 0.0956. The Kier molecular flexibility index (Phi) is 4.11. The number of nitrogens with zero attached hydrogens (tertiary/aromatic N) is 3. The van der Waals surface area contributed by atoms with Crippen molar-refractivity contribution in [3.8, 4) is 5.69 Å². The molecule has 25 heavy (non-hydrogen) atoms. The molecule has 0 radical (unpaired) electrons. The number of imidazole rings is 1. The smallest absolute Gasteiger partial charge is 0.263 e. The zero-order chi connectivity index (χ0) is 17.2. The third kappa shape index (κ3) is 2.96. The van der Waals surface area contributed by atoms with Gasteiger partial charge in [-0.05, 0) is 42.6 Å². The molecule has 126 valence electrons. The summed E-state index contributed by atoms with van der Waals surface area (Å²) in [6.45, 7) is 3.25. The zero-order valence-electron chi connectivity index (χ0n) is 13.8. The molecule has 1 N–H and O–H groups in total. The lowest BCUT2D eigenvalue weighted by atomic mass is 10.3. The number of rotatable bonds is 5. The van der Waals surface area contributed by atoms with E-state index in [1.165, 1.54) is 11.3 Å².